The molecule has 5 heteroatoms. The minimum absolute atomic E-state index is 0.770. The fourth-order valence-electron chi connectivity index (χ4n) is 2.49. The summed E-state index contributed by atoms with van der Waals surface area (Å²) in [6.45, 7) is 0. The van der Waals surface area contributed by atoms with Gasteiger partial charge in [-0.15, -0.1) is 5.10 Å². The highest BCUT2D eigenvalue weighted by molar-refractivity contribution is 8.03. The van der Waals surface area contributed by atoms with Crippen LogP contribution in [0, 0.1) is 6.08 Å². The number of hydrogen-bond acceptors (Lipinski definition) is 5. The Morgan fingerprint density at radius 3 is 2.83 bits per heavy atom. The van der Waals surface area contributed by atoms with E-state index in [9.17, 15) is 0 Å². The summed E-state index contributed by atoms with van der Waals surface area (Å²) in [6, 6.07) is 16.4. The monoisotopic (exact) mass is 351 g/mol. The van der Waals surface area contributed by atoms with Gasteiger partial charge in [-0.2, -0.15) is 0 Å². The second-order valence-electron chi connectivity index (χ2n) is 5.02. The maximum atomic E-state index is 5.61. The van der Waals surface area contributed by atoms with Crippen molar-refractivity contribution in [2.24, 2.45) is 0 Å². The molecule has 1 radical (unpaired) electrons. The van der Waals surface area contributed by atoms with Crippen molar-refractivity contribution in [3.63, 3.8) is 0 Å². The molecule has 0 bridgehead atoms. The molecule has 4 rings (SSSR count). The lowest BCUT2D eigenvalue weighted by Gasteiger charge is -2.17. The maximum absolute atomic E-state index is 5.61. The van der Waals surface area contributed by atoms with E-state index in [2.05, 4.69) is 33.9 Å². The predicted octanol–water partition coefficient (Wildman–Crippen LogP) is 5.33. The van der Waals surface area contributed by atoms with Gasteiger partial charge in [0.15, 0.2) is 0 Å². The number of thioether (sulfide) groups is 1. The Labute approximate surface area is 148 Å². The number of benzene rings is 2. The first-order valence-corrected chi connectivity index (χ1v) is 9.13. The largest absolute Gasteiger partial charge is 0.137 e. The van der Waals surface area contributed by atoms with Gasteiger partial charge in [0.1, 0.15) is 5.52 Å². The van der Waals surface area contributed by atoms with Gasteiger partial charge in [0.25, 0.3) is 0 Å². The predicted molar refractivity (Wildman–Crippen MR) is 102 cm³/mol. The van der Waals surface area contributed by atoms with E-state index < -0.39 is 0 Å². The Hall–Kier alpha value is -1.82. The van der Waals surface area contributed by atoms with Gasteiger partial charge in [-0.3, -0.25) is 0 Å². The van der Waals surface area contributed by atoms with Crippen molar-refractivity contribution in [2.75, 3.05) is 0 Å². The molecule has 1 heterocycles. The highest BCUT2D eigenvalue weighted by atomic mass is 32.2. The first-order chi connectivity index (χ1) is 11.3. The van der Waals surface area contributed by atoms with E-state index in [0.717, 1.165) is 42.4 Å². The van der Waals surface area contributed by atoms with E-state index in [1.54, 1.807) is 11.8 Å². The molecule has 0 saturated heterocycles. The van der Waals surface area contributed by atoms with Gasteiger partial charge in [-0.05, 0) is 35.3 Å². The minimum Gasteiger partial charge on any atom is -0.137 e. The third-order valence-electron chi connectivity index (χ3n) is 3.54. The fourth-order valence-corrected chi connectivity index (χ4v) is 4.61. The average Bonchev–Trinajstić information content (AvgIpc) is 3.06. The van der Waals surface area contributed by atoms with E-state index in [-0.39, 0.29) is 0 Å². The Morgan fingerprint density at radius 1 is 1.09 bits per heavy atom. The Kier molecular flexibility index (Phi) is 4.08. The second kappa shape index (κ2) is 6.35. The zero-order chi connectivity index (χ0) is 15.6. The van der Waals surface area contributed by atoms with Crippen LogP contribution < -0.4 is 0 Å². The van der Waals surface area contributed by atoms with Crippen LogP contribution >= 0.6 is 35.5 Å². The summed E-state index contributed by atoms with van der Waals surface area (Å²) in [5, 5.41) is 4.26. The molecule has 3 aromatic rings. The van der Waals surface area contributed by atoms with E-state index >= 15 is 0 Å². The van der Waals surface area contributed by atoms with Crippen molar-refractivity contribution in [3.05, 3.63) is 71.2 Å². The number of fused-ring (bicyclic) bond motifs is 1. The maximum Gasteiger partial charge on any atom is 0.119 e. The molecule has 1 aliphatic rings. The summed E-state index contributed by atoms with van der Waals surface area (Å²) >= 11 is 8.69. The summed E-state index contributed by atoms with van der Waals surface area (Å²) in [5.41, 5.74) is 3.19. The highest BCUT2D eigenvalue weighted by Crippen LogP contribution is 2.39. The van der Waals surface area contributed by atoms with Crippen molar-refractivity contribution in [3.8, 4) is 0 Å². The molecule has 2 nitrogen and oxygen atoms in total. The molecule has 0 spiro atoms. The van der Waals surface area contributed by atoms with E-state index in [4.69, 9.17) is 12.2 Å². The van der Waals surface area contributed by atoms with Crippen molar-refractivity contribution in [1.82, 2.24) is 9.59 Å². The van der Waals surface area contributed by atoms with Crippen molar-refractivity contribution < 1.29 is 0 Å². The van der Waals surface area contributed by atoms with Crippen LogP contribution in [0.4, 0.5) is 0 Å². The quantitative estimate of drug-likeness (QED) is 0.596. The summed E-state index contributed by atoms with van der Waals surface area (Å²) in [5.74, 6) is 0. The van der Waals surface area contributed by atoms with E-state index in [1.807, 2.05) is 36.4 Å². The first-order valence-electron chi connectivity index (χ1n) is 7.13. The van der Waals surface area contributed by atoms with Gasteiger partial charge >= 0.3 is 0 Å². The molecule has 0 N–H and O–H groups in total. The molecular weight excluding hydrogens is 340 g/mol. The molecule has 2 aromatic carbocycles. The van der Waals surface area contributed by atoms with Crippen molar-refractivity contribution >= 4 is 56.2 Å². The lowest BCUT2D eigenvalue weighted by atomic mass is 9.97. The Bertz CT molecular complexity index is 939. The zero-order valence-electron chi connectivity index (χ0n) is 12.0. The van der Waals surface area contributed by atoms with Crippen LogP contribution in [0.2, 0.25) is 0 Å². The molecule has 0 saturated carbocycles. The average molecular weight is 352 g/mol. The van der Waals surface area contributed by atoms with Crippen LogP contribution in [-0.4, -0.2) is 14.5 Å². The number of thiocarbonyl (C=S) groups is 1. The van der Waals surface area contributed by atoms with E-state index in [1.165, 1.54) is 11.5 Å². The number of nitrogens with zero attached hydrogens (tertiary/aromatic N) is 2. The molecule has 0 amide bonds. The molecular formula is C18H11N2S3. The molecule has 0 fully saturated rings. The zero-order valence-corrected chi connectivity index (χ0v) is 14.5. The van der Waals surface area contributed by atoms with Crippen LogP contribution in [0.25, 0.3) is 15.8 Å². The number of hydrogen-bond donors (Lipinski definition) is 0. The van der Waals surface area contributed by atoms with Gasteiger partial charge in [0.2, 0.25) is 0 Å². The normalized spacial score (nSPS) is 14.7. The van der Waals surface area contributed by atoms with Gasteiger partial charge < -0.3 is 0 Å². The van der Waals surface area contributed by atoms with Crippen LogP contribution in [0.5, 0.6) is 0 Å². The SMILES string of the molecule is S=C1CC=[C]C(Sc2cccc3snnc23)=C1c1ccccc1. The number of aromatic nitrogens is 2. The topological polar surface area (TPSA) is 25.8 Å². The summed E-state index contributed by atoms with van der Waals surface area (Å²) in [6.07, 6.45) is 6.17. The third kappa shape index (κ3) is 2.87. The Balaban J connectivity index is 1.83. The number of allylic oxidation sites excluding steroid dienone is 3. The Morgan fingerprint density at radius 2 is 1.96 bits per heavy atom. The molecule has 1 aromatic heterocycles. The molecule has 23 heavy (non-hydrogen) atoms. The van der Waals surface area contributed by atoms with Crippen molar-refractivity contribution in [1.29, 1.82) is 0 Å². The van der Waals surface area contributed by atoms with Crippen molar-refractivity contribution in [2.45, 2.75) is 11.3 Å². The standard InChI is InChI=1S/C18H11N2S3/c21-13-8-4-9-14(17(13)12-6-2-1-3-7-12)22-15-10-5-11-16-18(15)19-20-23-16/h1-7,10-11H,8H2. The highest BCUT2D eigenvalue weighted by Gasteiger charge is 2.18. The van der Waals surface area contributed by atoms with Crippen LogP contribution in [0.15, 0.2) is 64.4 Å². The summed E-state index contributed by atoms with van der Waals surface area (Å²) < 4.78 is 5.15. The number of rotatable bonds is 3. The second-order valence-corrected chi connectivity index (χ2v) is 7.35. The summed E-state index contributed by atoms with van der Waals surface area (Å²) in [4.78, 5) is 3.10. The molecule has 0 unspecified atom stereocenters. The lowest BCUT2D eigenvalue weighted by Crippen LogP contribution is -2.04. The molecule has 1 aliphatic carbocycles. The first kappa shape index (κ1) is 14.8. The molecule has 0 atom stereocenters. The van der Waals surface area contributed by atoms with Crippen LogP contribution in [-0.2, 0) is 0 Å². The smallest absolute Gasteiger partial charge is 0.119 e. The fraction of sp³-hybridized carbons (Fsp3) is 0.0556. The van der Waals surface area contributed by atoms with E-state index in [0.29, 0.717) is 0 Å². The molecule has 111 valence electrons. The van der Waals surface area contributed by atoms with Gasteiger partial charge in [-0.1, -0.05) is 70.9 Å². The molecule has 0 aliphatic heterocycles. The van der Waals surface area contributed by atoms with Gasteiger partial charge in [0, 0.05) is 26.7 Å². The third-order valence-corrected chi connectivity index (χ3v) is 5.68. The van der Waals surface area contributed by atoms with Gasteiger partial charge in [0.05, 0.1) is 4.70 Å². The van der Waals surface area contributed by atoms with Crippen LogP contribution in [0.1, 0.15) is 12.0 Å². The minimum atomic E-state index is 0.770. The lowest BCUT2D eigenvalue weighted by molar-refractivity contribution is 1.18. The van der Waals surface area contributed by atoms with Gasteiger partial charge in [-0.25, -0.2) is 0 Å². The van der Waals surface area contributed by atoms with Crippen LogP contribution in [0.3, 0.4) is 0 Å². The summed E-state index contributed by atoms with van der Waals surface area (Å²) in [7, 11) is 0.